The molecule has 0 spiro atoms. The maximum Gasteiger partial charge on any atom is 0.389 e. The van der Waals surface area contributed by atoms with Gasteiger partial charge in [0.25, 0.3) is 0 Å². The molecule has 0 amide bonds. The van der Waals surface area contributed by atoms with E-state index in [9.17, 15) is 18.0 Å². The minimum Gasteiger partial charge on any atom is -0.370 e. The molecule has 1 rings (SSSR count). The van der Waals surface area contributed by atoms with Crippen molar-refractivity contribution in [2.75, 3.05) is 6.61 Å². The van der Waals surface area contributed by atoms with Gasteiger partial charge in [0.05, 0.1) is 0 Å². The first-order valence-electron chi connectivity index (χ1n) is 5.65. The average Bonchev–Trinajstić information content (AvgIpc) is 2.95. The summed E-state index contributed by atoms with van der Waals surface area (Å²) in [5, 5.41) is 0. The van der Waals surface area contributed by atoms with Crippen molar-refractivity contribution in [3.05, 3.63) is 0 Å². The molecule has 1 aliphatic rings. The standard InChI is InChI=1S/C11H17F3O2/c1-2-16-10(8-5-6-8)9(15)4-3-7-11(12,13)14/h8,10H,2-7H2,1H3. The van der Waals surface area contributed by atoms with Crippen LogP contribution in [-0.4, -0.2) is 24.7 Å². The van der Waals surface area contributed by atoms with Crippen molar-refractivity contribution in [2.45, 2.75) is 51.3 Å². The number of halogens is 3. The van der Waals surface area contributed by atoms with Gasteiger partial charge in [0.2, 0.25) is 0 Å². The fraction of sp³-hybridized carbons (Fsp3) is 0.909. The maximum absolute atomic E-state index is 11.9. The molecule has 2 nitrogen and oxygen atoms in total. The molecule has 1 saturated carbocycles. The Hall–Kier alpha value is -0.580. The topological polar surface area (TPSA) is 26.3 Å². The fourth-order valence-corrected chi connectivity index (χ4v) is 1.68. The molecular formula is C11H17F3O2. The van der Waals surface area contributed by atoms with E-state index in [-0.39, 0.29) is 24.5 Å². The Labute approximate surface area is 93.2 Å². The van der Waals surface area contributed by atoms with Crippen LogP contribution in [0.1, 0.15) is 39.0 Å². The molecule has 16 heavy (non-hydrogen) atoms. The molecule has 0 bridgehead atoms. The first-order chi connectivity index (χ1) is 7.44. The molecule has 0 aromatic rings. The molecule has 0 aromatic carbocycles. The molecular weight excluding hydrogens is 221 g/mol. The predicted octanol–water partition coefficient (Wildman–Crippen LogP) is 3.10. The minimum atomic E-state index is -4.17. The van der Waals surface area contributed by atoms with Crippen LogP contribution >= 0.6 is 0 Å². The fourth-order valence-electron chi connectivity index (χ4n) is 1.68. The third-order valence-electron chi connectivity index (χ3n) is 2.60. The monoisotopic (exact) mass is 238 g/mol. The van der Waals surface area contributed by atoms with Crippen molar-refractivity contribution in [1.82, 2.24) is 0 Å². The van der Waals surface area contributed by atoms with Gasteiger partial charge in [-0.2, -0.15) is 13.2 Å². The van der Waals surface area contributed by atoms with Crippen molar-refractivity contribution >= 4 is 5.78 Å². The van der Waals surface area contributed by atoms with Crippen molar-refractivity contribution in [2.24, 2.45) is 5.92 Å². The zero-order valence-corrected chi connectivity index (χ0v) is 9.35. The molecule has 1 fully saturated rings. The van der Waals surface area contributed by atoms with Crippen LogP contribution in [0.2, 0.25) is 0 Å². The van der Waals surface area contributed by atoms with E-state index >= 15 is 0 Å². The highest BCUT2D eigenvalue weighted by Crippen LogP contribution is 2.35. The van der Waals surface area contributed by atoms with E-state index in [2.05, 4.69) is 0 Å². The molecule has 0 radical (unpaired) electrons. The molecule has 0 aliphatic heterocycles. The minimum absolute atomic E-state index is 0.0271. The number of carbonyl (C=O) groups is 1. The number of alkyl halides is 3. The van der Waals surface area contributed by atoms with E-state index in [1.54, 1.807) is 6.92 Å². The van der Waals surface area contributed by atoms with Crippen LogP contribution < -0.4 is 0 Å². The number of carbonyl (C=O) groups excluding carboxylic acids is 1. The third-order valence-corrected chi connectivity index (χ3v) is 2.60. The van der Waals surface area contributed by atoms with E-state index in [0.717, 1.165) is 12.8 Å². The van der Waals surface area contributed by atoms with Gasteiger partial charge < -0.3 is 4.74 Å². The largest absolute Gasteiger partial charge is 0.389 e. The van der Waals surface area contributed by atoms with Crippen LogP contribution in [0.25, 0.3) is 0 Å². The second-order valence-electron chi connectivity index (χ2n) is 4.15. The first kappa shape index (κ1) is 13.5. The summed E-state index contributed by atoms with van der Waals surface area (Å²) in [7, 11) is 0. The van der Waals surface area contributed by atoms with E-state index < -0.39 is 18.7 Å². The third kappa shape index (κ3) is 4.96. The summed E-state index contributed by atoms with van der Waals surface area (Å²) >= 11 is 0. The summed E-state index contributed by atoms with van der Waals surface area (Å²) in [6.45, 7) is 2.23. The highest BCUT2D eigenvalue weighted by molar-refractivity contribution is 5.83. The van der Waals surface area contributed by atoms with Crippen LogP contribution in [0.5, 0.6) is 0 Å². The number of ether oxygens (including phenoxy) is 1. The lowest BCUT2D eigenvalue weighted by atomic mass is 10.0. The molecule has 0 saturated heterocycles. The first-order valence-corrected chi connectivity index (χ1v) is 5.65. The van der Waals surface area contributed by atoms with Crippen molar-refractivity contribution in [1.29, 1.82) is 0 Å². The zero-order valence-electron chi connectivity index (χ0n) is 9.35. The van der Waals surface area contributed by atoms with Gasteiger partial charge in [0.15, 0.2) is 5.78 Å². The second kappa shape index (κ2) is 5.66. The van der Waals surface area contributed by atoms with Crippen molar-refractivity contribution in [3.8, 4) is 0 Å². The van der Waals surface area contributed by atoms with Gasteiger partial charge in [-0.05, 0) is 32.1 Å². The summed E-state index contributed by atoms with van der Waals surface area (Å²) in [5.74, 6) is 0.0759. The van der Waals surface area contributed by atoms with E-state index in [1.165, 1.54) is 0 Å². The lowest BCUT2D eigenvalue weighted by Crippen LogP contribution is -2.26. The van der Waals surface area contributed by atoms with Gasteiger partial charge in [0, 0.05) is 19.4 Å². The highest BCUT2D eigenvalue weighted by atomic mass is 19.4. The van der Waals surface area contributed by atoms with E-state index in [0.29, 0.717) is 6.61 Å². The molecule has 0 N–H and O–H groups in total. The van der Waals surface area contributed by atoms with Crippen LogP contribution in [-0.2, 0) is 9.53 Å². The Morgan fingerprint density at radius 3 is 2.50 bits per heavy atom. The molecule has 1 aliphatic carbocycles. The average molecular weight is 238 g/mol. The van der Waals surface area contributed by atoms with Gasteiger partial charge >= 0.3 is 6.18 Å². The van der Waals surface area contributed by atoms with Crippen LogP contribution in [0.3, 0.4) is 0 Å². The molecule has 94 valence electrons. The Morgan fingerprint density at radius 1 is 1.44 bits per heavy atom. The Bertz CT molecular complexity index is 234. The van der Waals surface area contributed by atoms with Crippen molar-refractivity contribution in [3.63, 3.8) is 0 Å². The quantitative estimate of drug-likeness (QED) is 0.681. The smallest absolute Gasteiger partial charge is 0.370 e. The Balaban J connectivity index is 2.26. The van der Waals surface area contributed by atoms with Gasteiger partial charge in [-0.25, -0.2) is 0 Å². The lowest BCUT2D eigenvalue weighted by Gasteiger charge is -2.15. The van der Waals surface area contributed by atoms with Gasteiger partial charge in [-0.1, -0.05) is 0 Å². The molecule has 1 atom stereocenters. The molecule has 0 heterocycles. The number of rotatable bonds is 7. The summed E-state index contributed by atoms with van der Waals surface area (Å²) < 4.78 is 40.9. The number of hydrogen-bond acceptors (Lipinski definition) is 2. The van der Waals surface area contributed by atoms with Crippen LogP contribution in [0.4, 0.5) is 13.2 Å². The Kier molecular flexibility index (Phi) is 4.77. The predicted molar refractivity (Wildman–Crippen MR) is 53.1 cm³/mol. The van der Waals surface area contributed by atoms with Crippen LogP contribution in [0.15, 0.2) is 0 Å². The van der Waals surface area contributed by atoms with E-state index in [4.69, 9.17) is 4.74 Å². The normalized spacial score (nSPS) is 18.5. The molecule has 0 aromatic heterocycles. The SMILES string of the molecule is CCOC(C(=O)CCCC(F)(F)F)C1CC1. The molecule has 1 unspecified atom stereocenters. The number of hydrogen-bond donors (Lipinski definition) is 0. The van der Waals surface area contributed by atoms with Crippen molar-refractivity contribution < 1.29 is 22.7 Å². The van der Waals surface area contributed by atoms with Gasteiger partial charge in [0.1, 0.15) is 6.10 Å². The number of ketones is 1. The lowest BCUT2D eigenvalue weighted by molar-refractivity contribution is -0.140. The second-order valence-corrected chi connectivity index (χ2v) is 4.15. The summed E-state index contributed by atoms with van der Waals surface area (Å²) in [4.78, 5) is 11.6. The van der Waals surface area contributed by atoms with Gasteiger partial charge in [-0.3, -0.25) is 4.79 Å². The maximum atomic E-state index is 11.9. The van der Waals surface area contributed by atoms with E-state index in [1.807, 2.05) is 0 Å². The highest BCUT2D eigenvalue weighted by Gasteiger charge is 2.36. The van der Waals surface area contributed by atoms with Crippen LogP contribution in [0, 0.1) is 5.92 Å². The Morgan fingerprint density at radius 2 is 2.06 bits per heavy atom. The summed E-state index contributed by atoms with van der Waals surface area (Å²) in [6, 6.07) is 0. The number of Topliss-reactive ketones (excluding diaryl/α,β-unsaturated/α-hetero) is 1. The zero-order chi connectivity index (χ0) is 12.2. The molecule has 5 heteroatoms. The summed E-state index contributed by atoms with van der Waals surface area (Å²) in [6.07, 6.45) is -3.76. The van der Waals surface area contributed by atoms with Gasteiger partial charge in [-0.15, -0.1) is 0 Å². The summed E-state index contributed by atoms with van der Waals surface area (Å²) in [5.41, 5.74) is 0.